The average Bonchev–Trinajstić information content (AvgIpc) is 3.59. The fraction of sp³-hybridized carbons (Fsp3) is 0.455. The highest BCUT2D eigenvalue weighted by Crippen LogP contribution is 2.40. The maximum Gasteiger partial charge on any atom is 0.416 e. The van der Waals surface area contributed by atoms with Crippen molar-refractivity contribution in [3.8, 4) is 5.75 Å². The lowest BCUT2D eigenvalue weighted by Gasteiger charge is -2.46. The molecular formula is C33H39F3N8O3. The monoisotopic (exact) mass is 652 g/mol. The van der Waals surface area contributed by atoms with Gasteiger partial charge < -0.3 is 20.3 Å². The number of hydrogen-bond donors (Lipinski definition) is 2. The molecule has 3 amide bonds. The van der Waals surface area contributed by atoms with Crippen LogP contribution in [0.3, 0.4) is 0 Å². The van der Waals surface area contributed by atoms with Gasteiger partial charge >= 0.3 is 12.2 Å². The molecule has 0 atom stereocenters. The second-order valence-electron chi connectivity index (χ2n) is 12.4. The lowest BCUT2D eigenvalue weighted by atomic mass is 10.0. The summed E-state index contributed by atoms with van der Waals surface area (Å²) < 4.78 is 46.1. The number of aromatic nitrogens is 2. The Labute approximate surface area is 271 Å². The smallest absolute Gasteiger partial charge is 0.416 e. The second kappa shape index (κ2) is 13.3. The number of urea groups is 1. The number of nitrogens with zero attached hydrogens (tertiary/aromatic N) is 6. The van der Waals surface area contributed by atoms with Crippen molar-refractivity contribution in [3.05, 3.63) is 65.4 Å². The summed E-state index contributed by atoms with van der Waals surface area (Å²) >= 11 is 0. The Hall–Kier alpha value is -4.59. The van der Waals surface area contributed by atoms with Crippen LogP contribution in [0, 0.1) is 0 Å². The van der Waals surface area contributed by atoms with E-state index in [-0.39, 0.29) is 36.5 Å². The Kier molecular flexibility index (Phi) is 9.13. The van der Waals surface area contributed by atoms with Gasteiger partial charge in [0.05, 0.1) is 37.1 Å². The predicted octanol–water partition coefficient (Wildman–Crippen LogP) is 5.81. The van der Waals surface area contributed by atoms with E-state index in [1.54, 1.807) is 37.5 Å². The first-order valence-electron chi connectivity index (χ1n) is 15.8. The zero-order valence-corrected chi connectivity index (χ0v) is 26.7. The summed E-state index contributed by atoms with van der Waals surface area (Å²) in [6.07, 6.45) is 2.37. The van der Waals surface area contributed by atoms with Gasteiger partial charge in [0.15, 0.2) is 5.82 Å². The summed E-state index contributed by atoms with van der Waals surface area (Å²) in [6.45, 7) is 1.80. The third-order valence-electron chi connectivity index (χ3n) is 9.12. The molecule has 11 nitrogen and oxygen atoms in total. The summed E-state index contributed by atoms with van der Waals surface area (Å²) in [6, 6.07) is 9.80. The van der Waals surface area contributed by atoms with Crippen LogP contribution in [0.5, 0.6) is 5.75 Å². The predicted molar refractivity (Wildman–Crippen MR) is 172 cm³/mol. The Bertz CT molecular complexity index is 1620. The number of hydrogen-bond acceptors (Lipinski definition) is 8. The van der Waals surface area contributed by atoms with Crippen LogP contribution in [0.1, 0.15) is 60.0 Å². The van der Waals surface area contributed by atoms with E-state index in [2.05, 4.69) is 27.6 Å². The Morgan fingerprint density at radius 2 is 1.79 bits per heavy atom. The fourth-order valence-corrected chi connectivity index (χ4v) is 6.47. The van der Waals surface area contributed by atoms with Gasteiger partial charge in [0.2, 0.25) is 5.95 Å². The zero-order chi connectivity index (χ0) is 33.3. The first kappa shape index (κ1) is 32.4. The number of likely N-dealkylation sites (tertiary alicyclic amines) is 1. The number of anilines is 4. The summed E-state index contributed by atoms with van der Waals surface area (Å²) in [5.74, 6) is 0.954. The van der Waals surface area contributed by atoms with Crippen LogP contribution >= 0.6 is 0 Å². The molecule has 3 heterocycles. The molecule has 47 heavy (non-hydrogen) atoms. The third kappa shape index (κ3) is 6.92. The Morgan fingerprint density at radius 3 is 2.49 bits per heavy atom. The number of rotatable bonds is 8. The maximum atomic E-state index is 13.7. The van der Waals surface area contributed by atoms with Gasteiger partial charge in [-0.2, -0.15) is 18.2 Å². The van der Waals surface area contributed by atoms with Crippen molar-refractivity contribution in [2.45, 2.75) is 63.3 Å². The molecule has 1 aromatic heterocycles. The lowest BCUT2D eigenvalue weighted by Crippen LogP contribution is -2.58. The Balaban J connectivity index is 1.27. The zero-order valence-electron chi connectivity index (χ0n) is 26.7. The number of methoxy groups -OCH3 is 1. The Morgan fingerprint density at radius 1 is 1.04 bits per heavy atom. The molecule has 3 aliphatic rings. The van der Waals surface area contributed by atoms with Crippen LogP contribution in [-0.4, -0.2) is 78.2 Å². The number of hydrazine groups is 1. The molecule has 0 unspecified atom stereocenters. The lowest BCUT2D eigenvalue weighted by molar-refractivity contribution is -0.137. The van der Waals surface area contributed by atoms with Gasteiger partial charge in [-0.15, -0.1) is 0 Å². The van der Waals surface area contributed by atoms with Crippen LogP contribution in [0.4, 0.5) is 41.1 Å². The number of fused-ring (bicyclic) bond motifs is 1. The molecule has 1 saturated carbocycles. The number of ether oxygens (including phenoxy) is 1. The highest BCUT2D eigenvalue weighted by molar-refractivity contribution is 5.99. The van der Waals surface area contributed by atoms with Crippen LogP contribution in [0.15, 0.2) is 48.7 Å². The number of piperidine rings is 1. The highest BCUT2D eigenvalue weighted by atomic mass is 19.4. The third-order valence-corrected chi connectivity index (χ3v) is 9.12. The molecule has 250 valence electrons. The standard InChI is InChI=1S/C33H39F3N8O3/c1-41-15-13-24(14-16-41)38-30(45)22-11-12-26(28(18-22)47-3)39-31-37-19-27-29(40-31)44(25-9-4-5-10-25)43(32(46)42(27)2)20-21-7-6-8-23(17-21)33(34,35)36/h6-8,11-12,17-19,24-25H,4-5,9-10,13-16,20H2,1-3H3,(H,38,45)(H,37,39,40). The summed E-state index contributed by atoms with van der Waals surface area (Å²) in [5, 5.41) is 9.61. The minimum atomic E-state index is -4.50. The molecule has 0 radical (unpaired) electrons. The van der Waals surface area contributed by atoms with Gasteiger partial charge in [0.25, 0.3) is 5.91 Å². The topological polar surface area (TPSA) is 106 Å². The normalized spacial score (nSPS) is 18.0. The van der Waals surface area contributed by atoms with Crippen molar-refractivity contribution in [2.24, 2.45) is 0 Å². The molecule has 2 aromatic carbocycles. The summed E-state index contributed by atoms with van der Waals surface area (Å²) in [7, 11) is 5.18. The van der Waals surface area contributed by atoms with Gasteiger partial charge in [-0.05, 0) is 81.7 Å². The van der Waals surface area contributed by atoms with Gasteiger partial charge in [0, 0.05) is 18.7 Å². The average molecular weight is 653 g/mol. The summed E-state index contributed by atoms with van der Waals surface area (Å²) in [5.41, 5.74) is 1.08. The molecule has 2 fully saturated rings. The number of halogens is 3. The molecule has 2 aliphatic heterocycles. The second-order valence-corrected chi connectivity index (χ2v) is 12.4. The molecule has 3 aromatic rings. The van der Waals surface area contributed by atoms with E-state index in [0.29, 0.717) is 34.1 Å². The van der Waals surface area contributed by atoms with Crippen molar-refractivity contribution in [1.82, 2.24) is 25.2 Å². The van der Waals surface area contributed by atoms with Gasteiger partial charge in [0.1, 0.15) is 11.4 Å². The number of nitrogens with one attached hydrogen (secondary N) is 2. The maximum absolute atomic E-state index is 13.7. The SMILES string of the molecule is COc1cc(C(=O)NC2CCN(C)CC2)ccc1Nc1ncc2c(n1)N(C1CCCC1)N(Cc1cccc(C(F)(F)F)c1)C(=O)N2C. The molecular weight excluding hydrogens is 613 g/mol. The number of alkyl halides is 3. The van der Waals surface area contributed by atoms with E-state index in [9.17, 15) is 22.8 Å². The molecule has 6 rings (SSSR count). The minimum absolute atomic E-state index is 0.0648. The minimum Gasteiger partial charge on any atom is -0.495 e. The van der Waals surface area contributed by atoms with E-state index in [1.165, 1.54) is 23.1 Å². The van der Waals surface area contributed by atoms with E-state index < -0.39 is 11.7 Å². The van der Waals surface area contributed by atoms with Crippen LogP contribution < -0.4 is 25.3 Å². The number of amides is 3. The van der Waals surface area contributed by atoms with E-state index in [1.807, 2.05) is 5.01 Å². The summed E-state index contributed by atoms with van der Waals surface area (Å²) in [4.78, 5) is 39.7. The van der Waals surface area contributed by atoms with E-state index in [4.69, 9.17) is 9.72 Å². The molecule has 0 bridgehead atoms. The molecule has 1 saturated heterocycles. The first-order chi connectivity index (χ1) is 22.5. The van der Waals surface area contributed by atoms with Gasteiger partial charge in [-0.25, -0.2) is 14.8 Å². The van der Waals surface area contributed by atoms with E-state index >= 15 is 0 Å². The fourth-order valence-electron chi connectivity index (χ4n) is 6.47. The van der Waals surface area contributed by atoms with Crippen LogP contribution in [0.2, 0.25) is 0 Å². The van der Waals surface area contributed by atoms with Crippen molar-refractivity contribution in [3.63, 3.8) is 0 Å². The first-order valence-corrected chi connectivity index (χ1v) is 15.8. The van der Waals surface area contributed by atoms with Gasteiger partial charge in [-0.1, -0.05) is 25.0 Å². The number of carbonyl (C=O) groups is 2. The molecule has 0 spiro atoms. The highest BCUT2D eigenvalue weighted by Gasteiger charge is 2.41. The number of benzene rings is 2. The van der Waals surface area contributed by atoms with Crippen LogP contribution in [-0.2, 0) is 12.7 Å². The van der Waals surface area contributed by atoms with Crippen molar-refractivity contribution in [1.29, 1.82) is 0 Å². The van der Waals surface area contributed by atoms with E-state index in [0.717, 1.165) is 63.7 Å². The number of carbonyl (C=O) groups excluding carboxylic acids is 2. The van der Waals surface area contributed by atoms with Crippen molar-refractivity contribution in [2.75, 3.05) is 49.5 Å². The largest absolute Gasteiger partial charge is 0.495 e. The molecule has 1 aliphatic carbocycles. The van der Waals surface area contributed by atoms with Crippen LogP contribution in [0.25, 0.3) is 0 Å². The quantitative estimate of drug-likeness (QED) is 0.314. The molecule has 14 heteroatoms. The van der Waals surface area contributed by atoms with Crippen molar-refractivity contribution < 1.29 is 27.5 Å². The molecule has 2 N–H and O–H groups in total. The van der Waals surface area contributed by atoms with Gasteiger partial charge in [-0.3, -0.25) is 14.7 Å². The van der Waals surface area contributed by atoms with Crippen molar-refractivity contribution >= 4 is 35.1 Å².